The number of hydrogen-bond donors (Lipinski definition) is 2. The molecule has 2 N–H and O–H groups in total. The molecule has 0 radical (unpaired) electrons. The molecule has 0 spiro atoms. The Morgan fingerprint density at radius 2 is 2.05 bits per heavy atom. The molecule has 0 unspecified atom stereocenters. The molecule has 1 aromatic heterocycles. The lowest BCUT2D eigenvalue weighted by molar-refractivity contribution is -0.120. The first-order valence-electron chi connectivity index (χ1n) is 5.80. The molecule has 0 aromatic carbocycles. The number of amides is 1. The van der Waals surface area contributed by atoms with Gasteiger partial charge in [0.05, 0.1) is 11.6 Å². The highest BCUT2D eigenvalue weighted by Crippen LogP contribution is 2.21. The molecule has 0 aliphatic rings. The Morgan fingerprint density at radius 3 is 2.60 bits per heavy atom. The Kier molecular flexibility index (Phi) is 6.19. The molecule has 9 heteroatoms. The molecular formula is C11H15Cl2N3O3S. The van der Waals surface area contributed by atoms with Crippen LogP contribution in [0.1, 0.15) is 13.8 Å². The van der Waals surface area contributed by atoms with Gasteiger partial charge in [0.1, 0.15) is 10.0 Å². The third kappa shape index (κ3) is 5.24. The summed E-state index contributed by atoms with van der Waals surface area (Å²) in [6, 6.07) is 1.17. The van der Waals surface area contributed by atoms with E-state index in [1.807, 2.05) is 13.8 Å². The zero-order valence-corrected chi connectivity index (χ0v) is 13.3. The largest absolute Gasteiger partial charge is 0.355 e. The second-order valence-electron chi connectivity index (χ2n) is 4.47. The van der Waals surface area contributed by atoms with Crippen molar-refractivity contribution in [3.8, 4) is 0 Å². The van der Waals surface area contributed by atoms with Crippen molar-refractivity contribution >= 4 is 39.1 Å². The maximum absolute atomic E-state index is 11.9. The maximum Gasteiger partial charge on any atom is 0.242 e. The van der Waals surface area contributed by atoms with Crippen molar-refractivity contribution in [2.24, 2.45) is 5.92 Å². The minimum absolute atomic E-state index is 0.0142. The topological polar surface area (TPSA) is 88.2 Å². The first kappa shape index (κ1) is 17.2. The number of rotatable bonds is 6. The first-order chi connectivity index (χ1) is 9.22. The molecule has 1 heterocycles. The van der Waals surface area contributed by atoms with Crippen LogP contribution >= 0.6 is 23.2 Å². The fourth-order valence-electron chi connectivity index (χ4n) is 1.17. The summed E-state index contributed by atoms with van der Waals surface area (Å²) < 4.78 is 26.0. The lowest BCUT2D eigenvalue weighted by Crippen LogP contribution is -2.38. The zero-order valence-electron chi connectivity index (χ0n) is 11.0. The molecule has 1 rings (SSSR count). The predicted molar refractivity (Wildman–Crippen MR) is 77.3 cm³/mol. The van der Waals surface area contributed by atoms with Crippen molar-refractivity contribution in [2.45, 2.75) is 18.7 Å². The summed E-state index contributed by atoms with van der Waals surface area (Å²) in [5.74, 6) is -0.120. The smallest absolute Gasteiger partial charge is 0.242 e. The van der Waals surface area contributed by atoms with E-state index in [-0.39, 0.29) is 27.5 Å². The average Bonchev–Trinajstić information content (AvgIpc) is 2.37. The van der Waals surface area contributed by atoms with E-state index in [0.717, 1.165) is 6.20 Å². The maximum atomic E-state index is 11.9. The molecule has 0 fully saturated rings. The van der Waals surface area contributed by atoms with Crippen molar-refractivity contribution < 1.29 is 13.2 Å². The van der Waals surface area contributed by atoms with Crippen LogP contribution in [-0.4, -0.2) is 32.4 Å². The van der Waals surface area contributed by atoms with Crippen LogP contribution in [0.5, 0.6) is 0 Å². The molecule has 20 heavy (non-hydrogen) atoms. The third-order valence-electron chi connectivity index (χ3n) is 2.21. The molecular weight excluding hydrogens is 325 g/mol. The summed E-state index contributed by atoms with van der Waals surface area (Å²) in [6.07, 6.45) is 1.07. The monoisotopic (exact) mass is 339 g/mol. The summed E-state index contributed by atoms with van der Waals surface area (Å²) in [6.45, 7) is 4.00. The number of carbonyl (C=O) groups excluding carboxylic acids is 1. The number of nitrogens with one attached hydrogen (secondary N) is 2. The number of hydrogen-bond acceptors (Lipinski definition) is 4. The van der Waals surface area contributed by atoms with Crippen LogP contribution in [0.4, 0.5) is 0 Å². The Bertz CT molecular complexity index is 591. The molecule has 6 nitrogen and oxygen atoms in total. The van der Waals surface area contributed by atoms with Gasteiger partial charge < -0.3 is 5.32 Å². The van der Waals surface area contributed by atoms with Gasteiger partial charge in [-0.05, 0) is 12.0 Å². The number of halogens is 2. The van der Waals surface area contributed by atoms with Gasteiger partial charge in [0.25, 0.3) is 0 Å². The van der Waals surface area contributed by atoms with Gasteiger partial charge in [-0.1, -0.05) is 37.0 Å². The molecule has 0 atom stereocenters. The van der Waals surface area contributed by atoms with Gasteiger partial charge in [0.15, 0.2) is 0 Å². The van der Waals surface area contributed by atoms with Gasteiger partial charge in [0.2, 0.25) is 15.9 Å². The van der Waals surface area contributed by atoms with E-state index in [1.165, 1.54) is 6.07 Å². The highest BCUT2D eigenvalue weighted by atomic mass is 35.5. The molecule has 0 bridgehead atoms. The van der Waals surface area contributed by atoms with Crippen LogP contribution in [-0.2, 0) is 14.8 Å². The Balaban J connectivity index is 2.66. The second-order valence-corrected chi connectivity index (χ2v) is 7.00. The van der Waals surface area contributed by atoms with E-state index in [1.54, 1.807) is 0 Å². The van der Waals surface area contributed by atoms with Gasteiger partial charge in [-0.25, -0.2) is 18.1 Å². The second kappa shape index (κ2) is 7.21. The van der Waals surface area contributed by atoms with Crippen molar-refractivity contribution in [1.82, 2.24) is 15.0 Å². The Labute approximate surface area is 127 Å². The summed E-state index contributed by atoms with van der Waals surface area (Å²) in [4.78, 5) is 14.9. The van der Waals surface area contributed by atoms with Gasteiger partial charge in [-0.3, -0.25) is 4.79 Å². The number of nitrogens with zero attached hydrogens (tertiary/aromatic N) is 1. The minimum Gasteiger partial charge on any atom is -0.355 e. The number of carbonyl (C=O) groups is 1. The summed E-state index contributed by atoms with van der Waals surface area (Å²) >= 11 is 11.3. The van der Waals surface area contributed by atoms with Crippen molar-refractivity contribution in [1.29, 1.82) is 0 Å². The summed E-state index contributed by atoms with van der Waals surface area (Å²) in [7, 11) is -3.85. The molecule has 0 saturated carbocycles. The third-order valence-corrected chi connectivity index (χ3v) is 4.27. The zero-order chi connectivity index (χ0) is 15.3. The molecule has 0 aliphatic heterocycles. The molecule has 0 saturated heterocycles. The summed E-state index contributed by atoms with van der Waals surface area (Å²) in [5.41, 5.74) is 0. The molecule has 0 aliphatic carbocycles. The van der Waals surface area contributed by atoms with Gasteiger partial charge >= 0.3 is 0 Å². The van der Waals surface area contributed by atoms with Crippen LogP contribution in [0.3, 0.4) is 0 Å². The van der Waals surface area contributed by atoms with E-state index in [0.29, 0.717) is 6.54 Å². The van der Waals surface area contributed by atoms with E-state index < -0.39 is 15.9 Å². The highest BCUT2D eigenvalue weighted by Gasteiger charge is 2.17. The van der Waals surface area contributed by atoms with Crippen molar-refractivity contribution in [2.75, 3.05) is 13.1 Å². The summed E-state index contributed by atoms with van der Waals surface area (Å²) in [5, 5.41) is 2.64. The fraction of sp³-hybridized carbons (Fsp3) is 0.455. The van der Waals surface area contributed by atoms with E-state index >= 15 is 0 Å². The standard InChI is InChI=1S/C11H15Cl2N3O3S/c1-7(2)4-14-10(17)6-16-20(18,19)8-3-9(12)11(13)15-5-8/h3,5,7,16H,4,6H2,1-2H3,(H,14,17). The Hall–Kier alpha value is -0.890. The quantitative estimate of drug-likeness (QED) is 0.767. The highest BCUT2D eigenvalue weighted by molar-refractivity contribution is 7.89. The van der Waals surface area contributed by atoms with Crippen LogP contribution in [0.2, 0.25) is 10.2 Å². The van der Waals surface area contributed by atoms with E-state index in [4.69, 9.17) is 23.2 Å². The van der Waals surface area contributed by atoms with Crippen LogP contribution in [0.15, 0.2) is 17.2 Å². The van der Waals surface area contributed by atoms with Gasteiger partial charge in [-0.2, -0.15) is 0 Å². The van der Waals surface area contributed by atoms with Crippen molar-refractivity contribution in [3.63, 3.8) is 0 Å². The van der Waals surface area contributed by atoms with Crippen LogP contribution in [0.25, 0.3) is 0 Å². The molecule has 112 valence electrons. The van der Waals surface area contributed by atoms with E-state index in [2.05, 4.69) is 15.0 Å². The normalized spacial score (nSPS) is 11.7. The van der Waals surface area contributed by atoms with E-state index in [9.17, 15) is 13.2 Å². The fourth-order valence-corrected chi connectivity index (χ4v) is 2.46. The number of sulfonamides is 1. The van der Waals surface area contributed by atoms with Gasteiger partial charge in [-0.15, -0.1) is 0 Å². The predicted octanol–water partition coefficient (Wildman–Crippen LogP) is 1.44. The minimum atomic E-state index is -3.85. The first-order valence-corrected chi connectivity index (χ1v) is 8.03. The molecule has 1 amide bonds. The average molecular weight is 340 g/mol. The van der Waals surface area contributed by atoms with Crippen LogP contribution < -0.4 is 10.0 Å². The lowest BCUT2D eigenvalue weighted by Gasteiger charge is -2.09. The van der Waals surface area contributed by atoms with Gasteiger partial charge in [0, 0.05) is 12.7 Å². The lowest BCUT2D eigenvalue weighted by atomic mass is 10.2. The number of pyridine rings is 1. The van der Waals surface area contributed by atoms with Crippen molar-refractivity contribution in [3.05, 3.63) is 22.4 Å². The number of aromatic nitrogens is 1. The Morgan fingerprint density at radius 1 is 1.40 bits per heavy atom. The van der Waals surface area contributed by atoms with Crippen LogP contribution in [0, 0.1) is 5.92 Å². The molecule has 1 aromatic rings. The SMILES string of the molecule is CC(C)CNC(=O)CNS(=O)(=O)c1cnc(Cl)c(Cl)c1.